The monoisotopic (exact) mass is 484 g/mol. The molecule has 4 rings (SSSR count). The van der Waals surface area contributed by atoms with Gasteiger partial charge in [0.1, 0.15) is 18.5 Å². The maximum Gasteiger partial charge on any atom is 0.407 e. The molecule has 4 N–H and O–H groups in total. The first-order chi connectivity index (χ1) is 15.7. The van der Waals surface area contributed by atoms with Crippen LogP contribution in [0.15, 0.2) is 29.2 Å². The summed E-state index contributed by atoms with van der Waals surface area (Å²) in [4.78, 5) is 12.6. The van der Waals surface area contributed by atoms with Gasteiger partial charge in [0.25, 0.3) is 0 Å². The molecule has 2 aliphatic heterocycles. The second-order valence-corrected chi connectivity index (χ2v) is 11.7. The molecule has 10 nitrogen and oxygen atoms in total. The van der Waals surface area contributed by atoms with E-state index in [1.165, 1.54) is 17.0 Å². The van der Waals surface area contributed by atoms with Crippen LogP contribution in [0.4, 0.5) is 4.79 Å². The molecule has 1 aromatic carbocycles. The highest BCUT2D eigenvalue weighted by Crippen LogP contribution is 2.46. The van der Waals surface area contributed by atoms with Gasteiger partial charge in [-0.2, -0.15) is 0 Å². The number of likely N-dealkylation sites (tertiary alicyclic amines) is 1. The van der Waals surface area contributed by atoms with Crippen LogP contribution in [-0.4, -0.2) is 96.7 Å². The number of benzene rings is 1. The number of aliphatic hydroxyl groups excluding tert-OH is 2. The average Bonchev–Trinajstić information content (AvgIpc) is 3.54. The summed E-state index contributed by atoms with van der Waals surface area (Å²) in [7, 11) is -3.64. The third-order valence-electron chi connectivity index (χ3n) is 7.02. The maximum atomic E-state index is 12.7. The molecule has 0 bridgehead atoms. The van der Waals surface area contributed by atoms with Gasteiger partial charge in [0.15, 0.2) is 9.84 Å². The average molecular weight is 485 g/mol. The van der Waals surface area contributed by atoms with Crippen LogP contribution in [0.2, 0.25) is 0 Å². The predicted molar refractivity (Wildman–Crippen MR) is 118 cm³/mol. The normalized spacial score (nSPS) is 24.5. The molecule has 2 atom stereocenters. The Balaban J connectivity index is 1.22. The van der Waals surface area contributed by atoms with Crippen molar-refractivity contribution >= 4 is 15.9 Å². The van der Waals surface area contributed by atoms with Gasteiger partial charge < -0.3 is 35.0 Å². The first kappa shape index (κ1) is 24.2. The Hall–Kier alpha value is -1.92. The van der Waals surface area contributed by atoms with Crippen molar-refractivity contribution in [2.24, 2.45) is 0 Å². The van der Waals surface area contributed by atoms with Crippen LogP contribution in [0.1, 0.15) is 32.1 Å². The Bertz CT molecular complexity index is 957. The number of ether oxygens (including phenoxy) is 2. The fourth-order valence-electron chi connectivity index (χ4n) is 4.62. The van der Waals surface area contributed by atoms with Crippen molar-refractivity contribution in [3.8, 4) is 5.75 Å². The van der Waals surface area contributed by atoms with Gasteiger partial charge in [-0.3, -0.25) is 0 Å². The Morgan fingerprint density at radius 2 is 2.00 bits per heavy atom. The molecule has 1 aromatic rings. The minimum absolute atomic E-state index is 0.00602. The van der Waals surface area contributed by atoms with Gasteiger partial charge in [-0.15, -0.1) is 0 Å². The number of carboxylic acid groups (broad SMARTS) is 1. The van der Waals surface area contributed by atoms with Crippen molar-refractivity contribution in [2.75, 3.05) is 39.5 Å². The van der Waals surface area contributed by atoms with Gasteiger partial charge in [-0.1, -0.05) is 6.07 Å². The summed E-state index contributed by atoms with van der Waals surface area (Å²) >= 11 is 0. The lowest BCUT2D eigenvalue weighted by atomic mass is 9.87. The predicted octanol–water partition coefficient (Wildman–Crippen LogP) is 0.616. The topological polar surface area (TPSA) is 146 Å². The Kier molecular flexibility index (Phi) is 6.88. The fourth-order valence-corrected chi connectivity index (χ4v) is 6.45. The summed E-state index contributed by atoms with van der Waals surface area (Å²) < 4.78 is 36.0. The Labute approximate surface area is 193 Å². The summed E-state index contributed by atoms with van der Waals surface area (Å²) in [6.45, 7) is 1.33. The van der Waals surface area contributed by atoms with Gasteiger partial charge in [0.05, 0.1) is 28.5 Å². The summed E-state index contributed by atoms with van der Waals surface area (Å²) in [6, 6.07) is 6.22. The van der Waals surface area contributed by atoms with E-state index in [2.05, 4.69) is 5.32 Å². The van der Waals surface area contributed by atoms with Crippen LogP contribution in [0.3, 0.4) is 0 Å². The summed E-state index contributed by atoms with van der Waals surface area (Å²) in [5.74, 6) is 0.345. The number of sulfone groups is 1. The summed E-state index contributed by atoms with van der Waals surface area (Å²) in [5, 5.41) is 32.2. The molecule has 3 fully saturated rings. The Morgan fingerprint density at radius 3 is 2.64 bits per heavy atom. The number of hydrogen-bond donors (Lipinski definition) is 4. The summed E-state index contributed by atoms with van der Waals surface area (Å²) in [6.07, 6.45) is 1.30. The second kappa shape index (κ2) is 9.38. The highest BCUT2D eigenvalue weighted by molar-refractivity contribution is 7.93. The largest absolute Gasteiger partial charge is 0.491 e. The van der Waals surface area contributed by atoms with E-state index in [0.717, 1.165) is 6.42 Å². The fraction of sp³-hybridized carbons (Fsp3) is 0.682. The minimum Gasteiger partial charge on any atom is -0.491 e. The van der Waals surface area contributed by atoms with E-state index in [1.807, 2.05) is 0 Å². The third-order valence-corrected chi connectivity index (χ3v) is 9.57. The number of piperidine rings is 1. The van der Waals surface area contributed by atoms with Crippen molar-refractivity contribution in [1.82, 2.24) is 10.2 Å². The number of rotatable bonds is 9. The lowest BCUT2D eigenvalue weighted by Gasteiger charge is -2.37. The standard InChI is InChI=1S/C22H32N2O8S/c25-15-22(4-5-22)33(29,30)19-3-1-2-18(10-19)31-14-17(26)12-23-16-11-21(32-13-16)6-8-24(9-7-21)20(27)28/h1-3,10,16-17,23,25-26H,4-9,11-15H2,(H,27,28)/t16?,17-/m0/s1. The van der Waals surface area contributed by atoms with Gasteiger partial charge in [0, 0.05) is 25.7 Å². The van der Waals surface area contributed by atoms with Crippen LogP contribution in [-0.2, 0) is 14.6 Å². The zero-order chi connectivity index (χ0) is 23.7. The number of hydrogen-bond acceptors (Lipinski definition) is 8. The van der Waals surface area contributed by atoms with Crippen molar-refractivity contribution in [3.05, 3.63) is 24.3 Å². The molecule has 0 aromatic heterocycles. The molecule has 1 spiro atoms. The zero-order valence-corrected chi connectivity index (χ0v) is 19.3. The van der Waals surface area contributed by atoms with E-state index >= 15 is 0 Å². The molecule has 1 amide bonds. The lowest BCUT2D eigenvalue weighted by Crippen LogP contribution is -2.46. The second-order valence-electron chi connectivity index (χ2n) is 9.36. The SMILES string of the molecule is O=C(O)N1CCC2(CC1)CC(NC[C@H](O)COc1cccc(S(=O)(=O)C3(CO)CC3)c1)CO2. The molecule has 184 valence electrons. The molecule has 11 heteroatoms. The van der Waals surface area contributed by atoms with Crippen LogP contribution < -0.4 is 10.1 Å². The lowest BCUT2D eigenvalue weighted by molar-refractivity contribution is -0.0395. The zero-order valence-electron chi connectivity index (χ0n) is 18.5. The number of nitrogens with zero attached hydrogens (tertiary/aromatic N) is 1. The molecule has 3 aliphatic rings. The third kappa shape index (κ3) is 5.12. The summed E-state index contributed by atoms with van der Waals surface area (Å²) in [5.41, 5.74) is -0.301. The van der Waals surface area contributed by atoms with E-state index < -0.39 is 33.4 Å². The highest BCUT2D eigenvalue weighted by Gasteiger charge is 2.54. The smallest absolute Gasteiger partial charge is 0.407 e. The first-order valence-corrected chi connectivity index (χ1v) is 12.8. The molecule has 33 heavy (non-hydrogen) atoms. The molecular weight excluding hydrogens is 452 g/mol. The van der Waals surface area contributed by atoms with Gasteiger partial charge in [-0.25, -0.2) is 13.2 Å². The molecule has 0 radical (unpaired) electrons. The van der Waals surface area contributed by atoms with Crippen molar-refractivity contribution < 1.29 is 38.0 Å². The number of amides is 1. The van der Waals surface area contributed by atoms with E-state index in [9.17, 15) is 23.4 Å². The molecule has 1 saturated carbocycles. The maximum absolute atomic E-state index is 12.7. The Morgan fingerprint density at radius 1 is 1.27 bits per heavy atom. The van der Waals surface area contributed by atoms with E-state index in [1.54, 1.807) is 12.1 Å². The molecular formula is C22H32N2O8S. The van der Waals surface area contributed by atoms with E-state index in [4.69, 9.17) is 14.6 Å². The highest BCUT2D eigenvalue weighted by atomic mass is 32.2. The molecule has 2 saturated heterocycles. The quantitative estimate of drug-likeness (QED) is 0.396. The van der Waals surface area contributed by atoms with Crippen LogP contribution in [0.25, 0.3) is 0 Å². The van der Waals surface area contributed by atoms with E-state index in [0.29, 0.717) is 51.1 Å². The van der Waals surface area contributed by atoms with Crippen LogP contribution in [0.5, 0.6) is 5.75 Å². The van der Waals surface area contributed by atoms with Gasteiger partial charge in [0.2, 0.25) is 0 Å². The molecule has 2 heterocycles. The first-order valence-electron chi connectivity index (χ1n) is 11.3. The van der Waals surface area contributed by atoms with E-state index in [-0.39, 0.29) is 29.7 Å². The van der Waals surface area contributed by atoms with Gasteiger partial charge >= 0.3 is 6.09 Å². The van der Waals surface area contributed by atoms with Crippen molar-refractivity contribution in [2.45, 2.75) is 59.5 Å². The van der Waals surface area contributed by atoms with Crippen molar-refractivity contribution in [3.63, 3.8) is 0 Å². The minimum atomic E-state index is -3.64. The molecule has 1 aliphatic carbocycles. The number of nitrogens with one attached hydrogen (secondary N) is 1. The molecule has 1 unspecified atom stereocenters. The number of aliphatic hydroxyl groups is 2. The van der Waals surface area contributed by atoms with Crippen molar-refractivity contribution in [1.29, 1.82) is 0 Å². The van der Waals surface area contributed by atoms with Gasteiger partial charge in [-0.05, 0) is 50.3 Å². The van der Waals surface area contributed by atoms with Crippen LogP contribution in [0, 0.1) is 0 Å². The number of carbonyl (C=O) groups is 1. The van der Waals surface area contributed by atoms with Crippen LogP contribution >= 0.6 is 0 Å².